The summed E-state index contributed by atoms with van der Waals surface area (Å²) in [4.78, 5) is 19.4. The van der Waals surface area contributed by atoms with Crippen LogP contribution in [-0.2, 0) is 13.1 Å². The number of aryl methyl sites for hydroxylation is 1. The summed E-state index contributed by atoms with van der Waals surface area (Å²) in [7, 11) is 0. The van der Waals surface area contributed by atoms with Crippen molar-refractivity contribution in [2.24, 2.45) is 0 Å². The van der Waals surface area contributed by atoms with Crippen LogP contribution in [0.5, 0.6) is 0 Å². The van der Waals surface area contributed by atoms with E-state index in [1.807, 2.05) is 13.0 Å². The first kappa shape index (κ1) is 15.8. The van der Waals surface area contributed by atoms with Crippen LogP contribution in [0.25, 0.3) is 11.0 Å². The van der Waals surface area contributed by atoms with Crippen molar-refractivity contribution in [3.8, 4) is 0 Å². The fourth-order valence-corrected chi connectivity index (χ4v) is 2.63. The summed E-state index contributed by atoms with van der Waals surface area (Å²) in [5.41, 5.74) is 1.78. The number of hydrogen-bond acceptors (Lipinski definition) is 4. The minimum atomic E-state index is -0.211. The predicted molar refractivity (Wildman–Crippen MR) is 92.2 cm³/mol. The molecule has 3 rings (SSSR count). The first-order valence-electron chi connectivity index (χ1n) is 7.22. The minimum absolute atomic E-state index is 0.211. The second kappa shape index (κ2) is 6.60. The molecule has 6 nitrogen and oxygen atoms in total. The molecule has 2 N–H and O–H groups in total. The number of aromatic amines is 1. The van der Waals surface area contributed by atoms with Crippen LogP contribution < -0.4 is 10.9 Å². The van der Waals surface area contributed by atoms with Crippen LogP contribution in [0.3, 0.4) is 0 Å². The van der Waals surface area contributed by atoms with E-state index in [1.54, 1.807) is 23.0 Å². The van der Waals surface area contributed by atoms with E-state index in [2.05, 4.69) is 20.4 Å². The zero-order chi connectivity index (χ0) is 16.4. The van der Waals surface area contributed by atoms with Crippen LogP contribution in [0, 0.1) is 0 Å². The molecule has 8 heteroatoms. The molecule has 2 heterocycles. The highest BCUT2D eigenvalue weighted by Crippen LogP contribution is 2.22. The lowest BCUT2D eigenvalue weighted by atomic mass is 10.2. The summed E-state index contributed by atoms with van der Waals surface area (Å²) in [6.07, 6.45) is 2.50. The third kappa shape index (κ3) is 3.33. The largest absolute Gasteiger partial charge is 0.352 e. The Kier molecular flexibility index (Phi) is 4.54. The first-order chi connectivity index (χ1) is 11.1. The Labute approximate surface area is 142 Å². The van der Waals surface area contributed by atoms with Gasteiger partial charge in [-0.05, 0) is 24.1 Å². The summed E-state index contributed by atoms with van der Waals surface area (Å²) in [6, 6.07) is 5.36. The molecule has 0 aliphatic carbocycles. The predicted octanol–water partition coefficient (Wildman–Crippen LogP) is 3.45. The molecular weight excluding hydrogens is 337 g/mol. The van der Waals surface area contributed by atoms with Crippen molar-refractivity contribution in [3.05, 3.63) is 50.4 Å². The maximum absolute atomic E-state index is 12.2. The third-order valence-electron chi connectivity index (χ3n) is 3.38. The number of anilines is 1. The van der Waals surface area contributed by atoms with E-state index in [0.29, 0.717) is 40.1 Å². The molecule has 120 valence electrons. The number of H-pyrrole nitrogens is 1. The lowest BCUT2D eigenvalue weighted by Gasteiger charge is -2.07. The molecule has 0 fully saturated rings. The molecule has 0 bridgehead atoms. The summed E-state index contributed by atoms with van der Waals surface area (Å²) < 4.78 is 1.67. The fourth-order valence-electron chi connectivity index (χ4n) is 2.31. The van der Waals surface area contributed by atoms with Gasteiger partial charge in [0.2, 0.25) is 5.95 Å². The zero-order valence-electron chi connectivity index (χ0n) is 12.4. The van der Waals surface area contributed by atoms with Crippen LogP contribution >= 0.6 is 23.2 Å². The number of nitrogens with zero attached hydrogens (tertiary/aromatic N) is 3. The van der Waals surface area contributed by atoms with Crippen LogP contribution in [0.15, 0.2) is 29.2 Å². The molecule has 1 aromatic carbocycles. The Morgan fingerprint density at radius 2 is 2.13 bits per heavy atom. The number of benzene rings is 1. The molecule has 0 amide bonds. The van der Waals surface area contributed by atoms with Crippen molar-refractivity contribution < 1.29 is 0 Å². The van der Waals surface area contributed by atoms with Crippen molar-refractivity contribution in [3.63, 3.8) is 0 Å². The smallest absolute Gasteiger partial charge is 0.278 e. The quantitative estimate of drug-likeness (QED) is 0.738. The molecule has 0 aliphatic rings. The topological polar surface area (TPSA) is 75.6 Å². The highest BCUT2D eigenvalue weighted by Gasteiger charge is 2.10. The van der Waals surface area contributed by atoms with Gasteiger partial charge >= 0.3 is 0 Å². The van der Waals surface area contributed by atoms with Gasteiger partial charge in [-0.3, -0.25) is 14.5 Å². The number of hydrogen-bond donors (Lipinski definition) is 2. The average molecular weight is 352 g/mol. The van der Waals surface area contributed by atoms with Gasteiger partial charge in [0.05, 0.1) is 16.2 Å². The molecule has 0 saturated heterocycles. The normalized spacial score (nSPS) is 11.1. The zero-order valence-corrected chi connectivity index (χ0v) is 13.9. The Morgan fingerprint density at radius 3 is 2.87 bits per heavy atom. The fraction of sp³-hybridized carbons (Fsp3) is 0.267. The molecular formula is C15H15Cl2N5O. The lowest BCUT2D eigenvalue weighted by Crippen LogP contribution is -2.16. The Hall–Kier alpha value is -2.05. The van der Waals surface area contributed by atoms with E-state index >= 15 is 0 Å². The molecule has 0 atom stereocenters. The number of aromatic nitrogens is 4. The van der Waals surface area contributed by atoms with Gasteiger partial charge in [0.25, 0.3) is 5.56 Å². The summed E-state index contributed by atoms with van der Waals surface area (Å²) in [5, 5.41) is 8.27. The maximum atomic E-state index is 12.2. The number of fused-ring (bicyclic) bond motifs is 1. The lowest BCUT2D eigenvalue weighted by molar-refractivity contribution is 0.620. The number of nitrogens with one attached hydrogen (secondary N) is 2. The van der Waals surface area contributed by atoms with Crippen LogP contribution in [0.4, 0.5) is 5.95 Å². The van der Waals surface area contributed by atoms with Gasteiger partial charge < -0.3 is 5.32 Å². The van der Waals surface area contributed by atoms with Gasteiger partial charge in [-0.15, -0.1) is 0 Å². The van der Waals surface area contributed by atoms with Gasteiger partial charge in [-0.25, -0.2) is 4.98 Å². The summed E-state index contributed by atoms with van der Waals surface area (Å²) in [6.45, 7) is 3.18. The van der Waals surface area contributed by atoms with Crippen molar-refractivity contribution in [2.75, 3.05) is 5.32 Å². The molecule has 23 heavy (non-hydrogen) atoms. The monoisotopic (exact) mass is 351 g/mol. The van der Waals surface area contributed by atoms with Gasteiger partial charge in [0.15, 0.2) is 5.52 Å². The molecule has 0 radical (unpaired) electrons. The van der Waals surface area contributed by atoms with Crippen molar-refractivity contribution >= 4 is 40.2 Å². The van der Waals surface area contributed by atoms with Crippen molar-refractivity contribution in [1.29, 1.82) is 0 Å². The second-order valence-corrected chi connectivity index (χ2v) is 5.93. The number of rotatable bonds is 5. The average Bonchev–Trinajstić information content (AvgIpc) is 2.92. The van der Waals surface area contributed by atoms with E-state index in [4.69, 9.17) is 23.2 Å². The molecule has 3 aromatic rings. The van der Waals surface area contributed by atoms with E-state index in [0.717, 1.165) is 12.0 Å². The second-order valence-electron chi connectivity index (χ2n) is 5.12. The molecule has 0 unspecified atom stereocenters. The Bertz CT molecular complexity index is 903. The van der Waals surface area contributed by atoms with Gasteiger partial charge in [-0.1, -0.05) is 36.2 Å². The highest BCUT2D eigenvalue weighted by molar-refractivity contribution is 6.42. The van der Waals surface area contributed by atoms with Crippen molar-refractivity contribution in [1.82, 2.24) is 19.7 Å². The van der Waals surface area contributed by atoms with Gasteiger partial charge in [0.1, 0.15) is 5.52 Å². The van der Waals surface area contributed by atoms with Crippen LogP contribution in [0.1, 0.15) is 18.9 Å². The summed E-state index contributed by atoms with van der Waals surface area (Å²) >= 11 is 11.9. The van der Waals surface area contributed by atoms with E-state index in [1.165, 1.54) is 0 Å². The van der Waals surface area contributed by atoms with Gasteiger partial charge in [-0.2, -0.15) is 5.10 Å². The third-order valence-corrected chi connectivity index (χ3v) is 4.12. The maximum Gasteiger partial charge on any atom is 0.278 e. The molecule has 2 aromatic heterocycles. The molecule has 0 aliphatic heterocycles. The Balaban J connectivity index is 1.83. The van der Waals surface area contributed by atoms with Gasteiger partial charge in [0, 0.05) is 13.1 Å². The first-order valence-corrected chi connectivity index (χ1v) is 7.97. The van der Waals surface area contributed by atoms with Crippen LogP contribution in [-0.4, -0.2) is 19.7 Å². The van der Waals surface area contributed by atoms with E-state index in [-0.39, 0.29) is 5.56 Å². The number of halogens is 2. The standard InChI is InChI=1S/C15H15Cl2N5O/c1-2-5-22-13-12(8-19-22)20-15(21-14(13)23)18-7-9-3-4-10(16)11(17)6-9/h3-4,6,8H,2,5,7H2,1H3,(H2,18,20,21,23). The summed E-state index contributed by atoms with van der Waals surface area (Å²) in [5.74, 6) is 0.393. The highest BCUT2D eigenvalue weighted by atomic mass is 35.5. The van der Waals surface area contributed by atoms with E-state index in [9.17, 15) is 4.79 Å². The van der Waals surface area contributed by atoms with Crippen molar-refractivity contribution in [2.45, 2.75) is 26.4 Å². The SMILES string of the molecule is CCCn1ncc2nc(NCc3ccc(Cl)c(Cl)c3)[nH]c(=O)c21. The molecule has 0 saturated carbocycles. The minimum Gasteiger partial charge on any atom is -0.352 e. The van der Waals surface area contributed by atoms with Crippen LogP contribution in [0.2, 0.25) is 10.0 Å². The molecule has 0 spiro atoms. The Morgan fingerprint density at radius 1 is 1.30 bits per heavy atom. The van der Waals surface area contributed by atoms with E-state index < -0.39 is 0 Å².